The summed E-state index contributed by atoms with van der Waals surface area (Å²) in [6, 6.07) is 8.38. The molecular weight excluding hydrogens is 250 g/mol. The molecule has 0 aliphatic heterocycles. The van der Waals surface area contributed by atoms with Crippen LogP contribution < -0.4 is 10.1 Å². The summed E-state index contributed by atoms with van der Waals surface area (Å²) in [7, 11) is 0. The third-order valence-electron chi connectivity index (χ3n) is 3.12. The SMILES string of the molecule is CCCCCOc1ccc(CNCCCOCC)cc1. The van der Waals surface area contributed by atoms with E-state index in [4.69, 9.17) is 9.47 Å². The second kappa shape index (κ2) is 11.7. The van der Waals surface area contributed by atoms with Gasteiger partial charge in [0, 0.05) is 19.8 Å². The highest BCUT2D eigenvalue weighted by Gasteiger charge is 1.96. The van der Waals surface area contributed by atoms with Gasteiger partial charge in [-0.25, -0.2) is 0 Å². The highest BCUT2D eigenvalue weighted by atomic mass is 16.5. The smallest absolute Gasteiger partial charge is 0.119 e. The van der Waals surface area contributed by atoms with Crippen LogP contribution in [0.3, 0.4) is 0 Å². The Morgan fingerprint density at radius 2 is 1.75 bits per heavy atom. The predicted octanol–water partition coefficient (Wildman–Crippen LogP) is 3.77. The van der Waals surface area contributed by atoms with Gasteiger partial charge in [-0.05, 0) is 44.0 Å². The van der Waals surface area contributed by atoms with Crippen molar-refractivity contribution in [2.45, 2.75) is 46.1 Å². The molecular formula is C17H29NO2. The zero-order valence-corrected chi connectivity index (χ0v) is 13.0. The number of hydrogen-bond acceptors (Lipinski definition) is 3. The molecule has 0 aliphatic rings. The fraction of sp³-hybridized carbons (Fsp3) is 0.647. The van der Waals surface area contributed by atoms with E-state index in [1.165, 1.54) is 18.4 Å². The predicted molar refractivity (Wildman–Crippen MR) is 84.3 cm³/mol. The van der Waals surface area contributed by atoms with Crippen molar-refractivity contribution < 1.29 is 9.47 Å². The van der Waals surface area contributed by atoms with Crippen LogP contribution >= 0.6 is 0 Å². The van der Waals surface area contributed by atoms with Crippen LogP contribution in [0.25, 0.3) is 0 Å². The quantitative estimate of drug-likeness (QED) is 0.591. The van der Waals surface area contributed by atoms with Gasteiger partial charge in [-0.2, -0.15) is 0 Å². The molecule has 0 aromatic heterocycles. The number of rotatable bonds is 12. The lowest BCUT2D eigenvalue weighted by Crippen LogP contribution is -2.16. The van der Waals surface area contributed by atoms with Gasteiger partial charge in [0.2, 0.25) is 0 Å². The second-order valence-electron chi connectivity index (χ2n) is 4.93. The standard InChI is InChI=1S/C17H29NO2/c1-3-5-6-14-20-17-10-8-16(9-11-17)15-18-12-7-13-19-4-2/h8-11,18H,3-7,12-15H2,1-2H3. The average Bonchev–Trinajstić information content (AvgIpc) is 2.49. The van der Waals surface area contributed by atoms with Gasteiger partial charge in [-0.3, -0.25) is 0 Å². The van der Waals surface area contributed by atoms with E-state index in [2.05, 4.69) is 36.5 Å². The van der Waals surface area contributed by atoms with Crippen LogP contribution in [-0.2, 0) is 11.3 Å². The maximum absolute atomic E-state index is 5.70. The van der Waals surface area contributed by atoms with Crippen molar-refractivity contribution in [3.63, 3.8) is 0 Å². The monoisotopic (exact) mass is 279 g/mol. The third-order valence-corrected chi connectivity index (χ3v) is 3.12. The molecule has 1 N–H and O–H groups in total. The summed E-state index contributed by atoms with van der Waals surface area (Å²) in [5.41, 5.74) is 1.29. The minimum atomic E-state index is 0.805. The van der Waals surface area contributed by atoms with Gasteiger partial charge in [0.15, 0.2) is 0 Å². The molecule has 3 nitrogen and oxygen atoms in total. The molecule has 20 heavy (non-hydrogen) atoms. The summed E-state index contributed by atoms with van der Waals surface area (Å²) >= 11 is 0. The first-order valence-corrected chi connectivity index (χ1v) is 7.87. The van der Waals surface area contributed by atoms with Crippen LogP contribution in [0.15, 0.2) is 24.3 Å². The molecule has 0 saturated heterocycles. The zero-order chi connectivity index (χ0) is 14.5. The summed E-state index contributed by atoms with van der Waals surface area (Å²) in [6.45, 7) is 8.60. The van der Waals surface area contributed by atoms with Crippen molar-refractivity contribution >= 4 is 0 Å². The summed E-state index contributed by atoms with van der Waals surface area (Å²) < 4.78 is 11.0. The molecule has 0 radical (unpaired) electrons. The third kappa shape index (κ3) is 8.18. The Bertz CT molecular complexity index is 324. The first-order chi connectivity index (χ1) is 9.86. The van der Waals surface area contributed by atoms with Crippen LogP contribution in [0.1, 0.15) is 45.1 Å². The van der Waals surface area contributed by atoms with Crippen LogP contribution in [0.4, 0.5) is 0 Å². The first-order valence-electron chi connectivity index (χ1n) is 7.87. The Balaban J connectivity index is 2.12. The highest BCUT2D eigenvalue weighted by Crippen LogP contribution is 2.12. The minimum Gasteiger partial charge on any atom is -0.494 e. The fourth-order valence-corrected chi connectivity index (χ4v) is 1.92. The summed E-state index contributed by atoms with van der Waals surface area (Å²) in [6.07, 6.45) is 4.67. The van der Waals surface area contributed by atoms with E-state index >= 15 is 0 Å². The Morgan fingerprint density at radius 1 is 0.950 bits per heavy atom. The van der Waals surface area contributed by atoms with Crippen molar-refractivity contribution in [1.29, 1.82) is 0 Å². The molecule has 0 bridgehead atoms. The van der Waals surface area contributed by atoms with Gasteiger partial charge in [0.1, 0.15) is 5.75 Å². The van der Waals surface area contributed by atoms with Gasteiger partial charge >= 0.3 is 0 Å². The van der Waals surface area contributed by atoms with E-state index in [1.807, 2.05) is 6.92 Å². The molecule has 0 unspecified atom stereocenters. The van der Waals surface area contributed by atoms with Gasteiger partial charge in [0.25, 0.3) is 0 Å². The van der Waals surface area contributed by atoms with E-state index in [0.717, 1.165) is 51.5 Å². The molecule has 0 fully saturated rings. The summed E-state index contributed by atoms with van der Waals surface area (Å²) in [5, 5.41) is 3.42. The molecule has 0 amide bonds. The van der Waals surface area contributed by atoms with Gasteiger partial charge in [0.05, 0.1) is 6.61 Å². The Hall–Kier alpha value is -1.06. The van der Waals surface area contributed by atoms with Gasteiger partial charge in [-0.1, -0.05) is 31.9 Å². The second-order valence-corrected chi connectivity index (χ2v) is 4.93. The van der Waals surface area contributed by atoms with Gasteiger partial charge in [-0.15, -0.1) is 0 Å². The van der Waals surface area contributed by atoms with Crippen molar-refractivity contribution in [3.8, 4) is 5.75 Å². The Kier molecular flexibility index (Phi) is 9.98. The molecule has 3 heteroatoms. The number of hydrogen-bond donors (Lipinski definition) is 1. The van der Waals surface area contributed by atoms with E-state index in [0.29, 0.717) is 0 Å². The number of ether oxygens (including phenoxy) is 2. The Labute approximate surface area is 123 Å². The molecule has 1 rings (SSSR count). The zero-order valence-electron chi connectivity index (χ0n) is 13.0. The van der Waals surface area contributed by atoms with Crippen LogP contribution in [0.5, 0.6) is 5.75 Å². The number of benzene rings is 1. The van der Waals surface area contributed by atoms with Gasteiger partial charge < -0.3 is 14.8 Å². The van der Waals surface area contributed by atoms with Crippen LogP contribution in [-0.4, -0.2) is 26.4 Å². The molecule has 0 heterocycles. The minimum absolute atomic E-state index is 0.805. The van der Waals surface area contributed by atoms with E-state index in [9.17, 15) is 0 Å². The van der Waals surface area contributed by atoms with Crippen molar-refractivity contribution in [3.05, 3.63) is 29.8 Å². The molecule has 0 spiro atoms. The molecule has 1 aromatic carbocycles. The number of unbranched alkanes of at least 4 members (excludes halogenated alkanes) is 2. The largest absolute Gasteiger partial charge is 0.494 e. The lowest BCUT2D eigenvalue weighted by molar-refractivity contribution is 0.144. The highest BCUT2D eigenvalue weighted by molar-refractivity contribution is 5.27. The van der Waals surface area contributed by atoms with Crippen molar-refractivity contribution in [2.75, 3.05) is 26.4 Å². The lowest BCUT2D eigenvalue weighted by Gasteiger charge is -2.08. The van der Waals surface area contributed by atoms with Crippen molar-refractivity contribution in [2.24, 2.45) is 0 Å². The van der Waals surface area contributed by atoms with E-state index < -0.39 is 0 Å². The summed E-state index contributed by atoms with van der Waals surface area (Å²) in [5.74, 6) is 0.973. The molecule has 114 valence electrons. The summed E-state index contributed by atoms with van der Waals surface area (Å²) in [4.78, 5) is 0. The lowest BCUT2D eigenvalue weighted by atomic mass is 10.2. The first kappa shape index (κ1) is 17.0. The average molecular weight is 279 g/mol. The molecule has 0 atom stereocenters. The Morgan fingerprint density at radius 3 is 2.45 bits per heavy atom. The van der Waals surface area contributed by atoms with Crippen LogP contribution in [0, 0.1) is 0 Å². The normalized spacial score (nSPS) is 10.7. The molecule has 0 saturated carbocycles. The fourth-order valence-electron chi connectivity index (χ4n) is 1.92. The van der Waals surface area contributed by atoms with Crippen molar-refractivity contribution in [1.82, 2.24) is 5.32 Å². The molecule has 0 aliphatic carbocycles. The topological polar surface area (TPSA) is 30.5 Å². The molecule has 1 aromatic rings. The number of nitrogens with one attached hydrogen (secondary N) is 1. The maximum Gasteiger partial charge on any atom is 0.119 e. The van der Waals surface area contributed by atoms with E-state index in [1.54, 1.807) is 0 Å². The van der Waals surface area contributed by atoms with E-state index in [-0.39, 0.29) is 0 Å². The van der Waals surface area contributed by atoms with Crippen LogP contribution in [0.2, 0.25) is 0 Å². The maximum atomic E-state index is 5.70.